The Morgan fingerprint density at radius 3 is 1.26 bits per heavy atom. The molecule has 0 unspecified atom stereocenters. The zero-order valence-corrected chi connectivity index (χ0v) is 35.9. The number of benzene rings is 4. The Morgan fingerprint density at radius 2 is 0.923 bits per heavy atom. The quantitative estimate of drug-likeness (QED) is 0.153. The zero-order valence-electron chi connectivity index (χ0n) is 35.9. The molecule has 0 radical (unpaired) electrons. The van der Waals surface area contributed by atoms with Crippen LogP contribution in [0.25, 0.3) is 0 Å². The van der Waals surface area contributed by atoms with Gasteiger partial charge in [-0.15, -0.1) is 0 Å². The minimum Gasteiger partial charge on any atom is -0.373 e. The lowest BCUT2D eigenvalue weighted by atomic mass is 9.55. The first-order chi connectivity index (χ1) is 30.2. The van der Waals surface area contributed by atoms with Crippen LogP contribution in [0.4, 0.5) is 57.5 Å². The van der Waals surface area contributed by atoms with Crippen LogP contribution in [0.1, 0.15) is 122 Å². The molecule has 2 amide bonds. The Hall–Kier alpha value is -4.77. The number of carbonyl (C=O) groups is 1. The predicted molar refractivity (Wildman–Crippen MR) is 219 cm³/mol. The van der Waals surface area contributed by atoms with Crippen LogP contribution in [0, 0.1) is 0 Å². The Kier molecular flexibility index (Phi) is 14.4. The molecule has 0 spiro atoms. The van der Waals surface area contributed by atoms with Gasteiger partial charge >= 0.3 is 30.7 Å². The standard InChI is InChI=1S/C27H30F6N2O2.C21H20F6O/c1-18(19-12-21(26(28,29)30)14-22(13-19)27(31,32)33)37-17-25(20-8-4-3-5-9-20)15-24(2,16-25)34-23(36)35-10-6-7-11-35;1-14(28-13-19(8-5-9-19)16-6-3-2-4-7-16)15-10-17(20(22,23)24)12-18(11-15)21(25,26)27/h3-5,8-9,12-14,18H,6-7,10-11,15-17H2,1-2H3,(H,34,36);2-4,6-7,10-12,14H,5,8-9,13H2,1H3/t18-,24?,25?;14-/m11/s1. The van der Waals surface area contributed by atoms with Crippen LogP contribution in [-0.2, 0) is 45.0 Å². The Morgan fingerprint density at radius 1 is 0.569 bits per heavy atom. The fourth-order valence-corrected chi connectivity index (χ4v) is 9.07. The average Bonchev–Trinajstić information content (AvgIpc) is 3.77. The third-order valence-electron chi connectivity index (χ3n) is 12.7. The van der Waals surface area contributed by atoms with Gasteiger partial charge in [0, 0.05) is 29.5 Å². The summed E-state index contributed by atoms with van der Waals surface area (Å²) < 4.78 is 170. The highest BCUT2D eigenvalue weighted by molar-refractivity contribution is 5.75. The highest BCUT2D eigenvalue weighted by atomic mass is 19.4. The van der Waals surface area contributed by atoms with Gasteiger partial charge in [-0.1, -0.05) is 67.1 Å². The van der Waals surface area contributed by atoms with E-state index in [0.29, 0.717) is 38.1 Å². The lowest BCUT2D eigenvalue weighted by Gasteiger charge is -2.55. The van der Waals surface area contributed by atoms with E-state index >= 15 is 0 Å². The molecular formula is C48H50F12N2O3. The summed E-state index contributed by atoms with van der Waals surface area (Å²) in [7, 11) is 0. The van der Waals surface area contributed by atoms with Crippen molar-refractivity contribution in [1.82, 2.24) is 10.2 Å². The van der Waals surface area contributed by atoms with E-state index in [1.807, 2.05) is 67.6 Å². The van der Waals surface area contributed by atoms with Gasteiger partial charge in [0.2, 0.25) is 0 Å². The molecule has 7 rings (SSSR count). The van der Waals surface area contributed by atoms with Crippen LogP contribution in [0.5, 0.6) is 0 Å². The van der Waals surface area contributed by atoms with Crippen molar-refractivity contribution < 1.29 is 67.0 Å². The summed E-state index contributed by atoms with van der Waals surface area (Å²) in [6.07, 6.45) is -15.8. The van der Waals surface area contributed by atoms with Crippen molar-refractivity contribution in [2.24, 2.45) is 0 Å². The molecule has 3 fully saturated rings. The number of rotatable bonds is 11. The van der Waals surface area contributed by atoms with Gasteiger partial charge < -0.3 is 19.7 Å². The molecule has 1 N–H and O–H groups in total. The second kappa shape index (κ2) is 18.8. The lowest BCUT2D eigenvalue weighted by molar-refractivity contribution is -0.145. The number of carbonyl (C=O) groups excluding carboxylic acids is 1. The van der Waals surface area contributed by atoms with Gasteiger partial charge in [0.25, 0.3) is 0 Å². The third-order valence-corrected chi connectivity index (χ3v) is 12.7. The number of halogens is 12. The Labute approximate surface area is 369 Å². The summed E-state index contributed by atoms with van der Waals surface area (Å²) >= 11 is 0. The summed E-state index contributed by atoms with van der Waals surface area (Å²) in [5.41, 5.74) is -4.99. The highest BCUT2D eigenvalue weighted by Gasteiger charge is 2.54. The zero-order chi connectivity index (χ0) is 47.6. The van der Waals surface area contributed by atoms with E-state index in [1.54, 1.807) is 4.90 Å². The second-order valence-electron chi connectivity index (χ2n) is 17.8. The molecule has 17 heteroatoms. The number of ether oxygens (including phenoxy) is 2. The maximum Gasteiger partial charge on any atom is 0.416 e. The Balaban J connectivity index is 0.000000224. The van der Waals surface area contributed by atoms with Gasteiger partial charge in [-0.05, 0) is 118 Å². The van der Waals surface area contributed by atoms with Crippen molar-refractivity contribution in [2.45, 2.75) is 119 Å². The molecule has 4 aromatic carbocycles. The van der Waals surface area contributed by atoms with Gasteiger partial charge in [0.05, 0.1) is 47.7 Å². The van der Waals surface area contributed by atoms with Crippen LogP contribution >= 0.6 is 0 Å². The number of likely N-dealkylation sites (tertiary alicyclic amines) is 1. The summed E-state index contributed by atoms with van der Waals surface area (Å²) in [5, 5.41) is 3.11. The van der Waals surface area contributed by atoms with Gasteiger partial charge in [0.1, 0.15) is 0 Å². The van der Waals surface area contributed by atoms with Crippen LogP contribution in [0.2, 0.25) is 0 Å². The van der Waals surface area contributed by atoms with E-state index in [1.165, 1.54) is 13.8 Å². The highest BCUT2D eigenvalue weighted by Crippen LogP contribution is 2.51. The van der Waals surface area contributed by atoms with Crippen molar-refractivity contribution in [1.29, 1.82) is 0 Å². The van der Waals surface area contributed by atoms with E-state index in [9.17, 15) is 57.5 Å². The summed E-state index contributed by atoms with van der Waals surface area (Å²) in [4.78, 5) is 14.5. The van der Waals surface area contributed by atoms with Crippen LogP contribution in [0.3, 0.4) is 0 Å². The normalized spacial score (nSPS) is 21.9. The van der Waals surface area contributed by atoms with Crippen LogP contribution in [0.15, 0.2) is 97.1 Å². The molecule has 2 atom stereocenters. The molecule has 1 saturated heterocycles. The fraction of sp³-hybridized carbons (Fsp3) is 0.479. The van der Waals surface area contributed by atoms with Crippen molar-refractivity contribution in [3.8, 4) is 0 Å². The minimum atomic E-state index is -4.93. The first kappa shape index (κ1) is 49.7. The maximum atomic E-state index is 13.3. The summed E-state index contributed by atoms with van der Waals surface area (Å²) in [6.45, 7) is 6.61. The number of hydrogen-bond donors (Lipinski definition) is 1. The molecule has 1 aliphatic heterocycles. The van der Waals surface area contributed by atoms with E-state index in [4.69, 9.17) is 9.47 Å². The molecular weight excluding hydrogens is 881 g/mol. The molecule has 2 saturated carbocycles. The second-order valence-corrected chi connectivity index (χ2v) is 17.8. The molecule has 65 heavy (non-hydrogen) atoms. The van der Waals surface area contributed by atoms with Crippen molar-refractivity contribution >= 4 is 6.03 Å². The molecule has 4 aromatic rings. The van der Waals surface area contributed by atoms with Gasteiger partial charge in [-0.3, -0.25) is 0 Å². The van der Waals surface area contributed by atoms with Gasteiger partial charge in [0.15, 0.2) is 0 Å². The molecule has 2 aliphatic carbocycles. The van der Waals surface area contributed by atoms with Gasteiger partial charge in [-0.2, -0.15) is 52.7 Å². The molecule has 0 bridgehead atoms. The summed E-state index contributed by atoms with van der Waals surface area (Å²) in [6, 6.07) is 22.1. The topological polar surface area (TPSA) is 50.8 Å². The van der Waals surface area contributed by atoms with E-state index < -0.39 is 70.1 Å². The molecule has 354 valence electrons. The van der Waals surface area contributed by atoms with Crippen molar-refractivity contribution in [2.75, 3.05) is 26.3 Å². The lowest BCUT2D eigenvalue weighted by Crippen LogP contribution is -2.65. The van der Waals surface area contributed by atoms with Gasteiger partial charge in [-0.25, -0.2) is 4.79 Å². The molecule has 3 aliphatic rings. The van der Waals surface area contributed by atoms with E-state index in [-0.39, 0.29) is 47.9 Å². The monoisotopic (exact) mass is 930 g/mol. The predicted octanol–water partition coefficient (Wildman–Crippen LogP) is 14.0. The number of urea groups is 1. The molecule has 1 heterocycles. The molecule has 5 nitrogen and oxygen atoms in total. The van der Waals surface area contributed by atoms with E-state index in [2.05, 4.69) is 5.32 Å². The third kappa shape index (κ3) is 12.0. The van der Waals surface area contributed by atoms with E-state index in [0.717, 1.165) is 55.4 Å². The summed E-state index contributed by atoms with van der Waals surface area (Å²) in [5.74, 6) is 0. The average molecular weight is 931 g/mol. The number of alkyl halides is 12. The van der Waals surface area contributed by atoms with Crippen LogP contribution in [-0.4, -0.2) is 42.8 Å². The SMILES string of the molecule is C[C@@H](OCC1(c2ccccc2)CC(C)(NC(=O)N2CCCC2)C1)c1cc(C(F)(F)F)cc(C(F)(F)F)c1.C[C@@H](OCC1(c2ccccc2)CCC1)c1cc(C(F)(F)F)cc(C(F)(F)F)c1. The smallest absolute Gasteiger partial charge is 0.373 e. The number of amides is 2. The molecule has 0 aromatic heterocycles. The van der Waals surface area contributed by atoms with Crippen molar-refractivity contribution in [3.63, 3.8) is 0 Å². The Bertz CT molecular complexity index is 2160. The largest absolute Gasteiger partial charge is 0.416 e. The number of hydrogen-bond acceptors (Lipinski definition) is 3. The number of nitrogens with one attached hydrogen (secondary N) is 1. The minimum absolute atomic E-state index is 0.0744. The number of nitrogens with zero attached hydrogens (tertiary/aromatic N) is 1. The fourth-order valence-electron chi connectivity index (χ4n) is 9.07. The van der Waals surface area contributed by atoms with Crippen molar-refractivity contribution in [3.05, 3.63) is 142 Å². The maximum absolute atomic E-state index is 13.3. The first-order valence-electron chi connectivity index (χ1n) is 21.2. The first-order valence-corrected chi connectivity index (χ1v) is 21.2. The van der Waals surface area contributed by atoms with Crippen LogP contribution < -0.4 is 5.32 Å².